The molecule has 0 aliphatic heterocycles. The first-order valence-corrected chi connectivity index (χ1v) is 8.75. The molecule has 2 aromatic carbocycles. The number of nitriles is 1. The first-order chi connectivity index (χ1) is 14.5. The molecule has 0 aliphatic carbocycles. The second-order valence-corrected chi connectivity index (χ2v) is 6.33. The Morgan fingerprint density at radius 3 is 2.48 bits per heavy atom. The number of carbonyl (C=O) groups excluding carboxylic acids is 2. The number of halogens is 4. The van der Waals surface area contributed by atoms with Crippen LogP contribution in [0.25, 0.3) is 0 Å². The number of methoxy groups -OCH3 is 1. The van der Waals surface area contributed by atoms with Gasteiger partial charge in [-0.2, -0.15) is 18.4 Å². The number of hydrogen-bond acceptors (Lipinski definition) is 6. The molecule has 0 bridgehead atoms. The van der Waals surface area contributed by atoms with Gasteiger partial charge in [0.15, 0.2) is 24.7 Å². The summed E-state index contributed by atoms with van der Waals surface area (Å²) in [6.45, 7) is -2.02. The van der Waals surface area contributed by atoms with E-state index in [0.29, 0.717) is 0 Å². The van der Waals surface area contributed by atoms with Crippen LogP contribution in [0.1, 0.15) is 15.9 Å². The molecule has 164 valence electrons. The van der Waals surface area contributed by atoms with Crippen molar-refractivity contribution in [3.63, 3.8) is 0 Å². The highest BCUT2D eigenvalue weighted by Gasteiger charge is 2.29. The standard InChI is InChI=1S/C19H15ClF3N3O5/c1-29-15-6-10(5-13(20)17(15)30-8-16(25)27)18(28)26-12-2-3-14(11(4-12)7-24)31-9-19(21,22)23/h2-6H,8-9H2,1H3,(H2,25,27)(H,26,28). The third-order valence-electron chi connectivity index (χ3n) is 3.60. The highest BCUT2D eigenvalue weighted by molar-refractivity contribution is 6.32. The predicted octanol–water partition coefficient (Wildman–Crippen LogP) is 3.28. The second-order valence-electron chi connectivity index (χ2n) is 5.93. The highest BCUT2D eigenvalue weighted by Crippen LogP contribution is 2.36. The summed E-state index contributed by atoms with van der Waals surface area (Å²) in [5.74, 6) is -1.60. The molecule has 0 radical (unpaired) electrons. The molecule has 12 heteroatoms. The zero-order chi connectivity index (χ0) is 23.2. The van der Waals surface area contributed by atoms with Crippen LogP contribution in [0.4, 0.5) is 18.9 Å². The topological polar surface area (TPSA) is 124 Å². The Balaban J connectivity index is 2.22. The van der Waals surface area contributed by atoms with Crippen molar-refractivity contribution in [2.45, 2.75) is 6.18 Å². The number of nitrogens with one attached hydrogen (secondary N) is 1. The fraction of sp³-hybridized carbons (Fsp3) is 0.211. The molecule has 3 N–H and O–H groups in total. The van der Waals surface area contributed by atoms with Crippen LogP contribution < -0.4 is 25.3 Å². The summed E-state index contributed by atoms with van der Waals surface area (Å²) in [6, 6.07) is 7.82. The fourth-order valence-corrected chi connectivity index (χ4v) is 2.58. The van der Waals surface area contributed by atoms with Gasteiger partial charge in [-0.25, -0.2) is 0 Å². The van der Waals surface area contributed by atoms with Crippen molar-refractivity contribution >= 4 is 29.1 Å². The van der Waals surface area contributed by atoms with Gasteiger partial charge >= 0.3 is 6.18 Å². The average molecular weight is 458 g/mol. The van der Waals surface area contributed by atoms with E-state index in [1.807, 2.05) is 0 Å². The molecule has 2 rings (SSSR count). The molecule has 0 unspecified atom stereocenters. The molecule has 8 nitrogen and oxygen atoms in total. The van der Waals surface area contributed by atoms with Crippen LogP contribution in [0.3, 0.4) is 0 Å². The van der Waals surface area contributed by atoms with Crippen molar-refractivity contribution < 1.29 is 37.0 Å². The Bertz CT molecular complexity index is 1040. The minimum absolute atomic E-state index is 0.0115. The van der Waals surface area contributed by atoms with E-state index in [1.165, 1.54) is 25.3 Å². The molecule has 0 aromatic heterocycles. The molecule has 2 aromatic rings. The summed E-state index contributed by atoms with van der Waals surface area (Å²) < 4.78 is 51.8. The van der Waals surface area contributed by atoms with E-state index < -0.39 is 31.2 Å². The van der Waals surface area contributed by atoms with Crippen LogP contribution in [0, 0.1) is 11.3 Å². The number of anilines is 1. The number of ether oxygens (including phenoxy) is 3. The number of nitrogens with zero attached hydrogens (tertiary/aromatic N) is 1. The minimum atomic E-state index is -4.56. The van der Waals surface area contributed by atoms with Gasteiger partial charge in [-0.05, 0) is 30.3 Å². The smallest absolute Gasteiger partial charge is 0.422 e. The number of carbonyl (C=O) groups is 2. The van der Waals surface area contributed by atoms with Crippen molar-refractivity contribution in [2.75, 3.05) is 25.6 Å². The zero-order valence-electron chi connectivity index (χ0n) is 15.9. The normalized spacial score (nSPS) is 10.7. The minimum Gasteiger partial charge on any atom is -0.493 e. The third-order valence-corrected chi connectivity index (χ3v) is 3.88. The molecule has 0 aliphatic rings. The number of rotatable bonds is 8. The predicted molar refractivity (Wildman–Crippen MR) is 103 cm³/mol. The van der Waals surface area contributed by atoms with Crippen molar-refractivity contribution in [3.8, 4) is 23.3 Å². The maximum absolute atomic E-state index is 12.6. The Kier molecular flexibility index (Phi) is 7.55. The maximum atomic E-state index is 12.6. The van der Waals surface area contributed by atoms with Gasteiger partial charge in [0.25, 0.3) is 11.8 Å². The van der Waals surface area contributed by atoms with Crippen LogP contribution in [-0.4, -0.2) is 38.3 Å². The van der Waals surface area contributed by atoms with Crippen molar-refractivity contribution in [3.05, 3.63) is 46.5 Å². The Morgan fingerprint density at radius 1 is 1.19 bits per heavy atom. The summed E-state index contributed by atoms with van der Waals surface area (Å²) >= 11 is 6.10. The number of hydrogen-bond donors (Lipinski definition) is 2. The van der Waals surface area contributed by atoms with Gasteiger partial charge < -0.3 is 25.3 Å². The van der Waals surface area contributed by atoms with Crippen LogP contribution in [-0.2, 0) is 4.79 Å². The SMILES string of the molecule is COc1cc(C(=O)Nc2ccc(OCC(F)(F)F)c(C#N)c2)cc(Cl)c1OCC(N)=O. The van der Waals surface area contributed by atoms with Crippen molar-refractivity contribution in [1.29, 1.82) is 5.26 Å². The summed E-state index contributed by atoms with van der Waals surface area (Å²) in [7, 11) is 1.29. The van der Waals surface area contributed by atoms with Crippen LogP contribution in [0.15, 0.2) is 30.3 Å². The zero-order valence-corrected chi connectivity index (χ0v) is 16.6. The van der Waals surface area contributed by atoms with Gasteiger partial charge in [0.1, 0.15) is 11.8 Å². The first-order valence-electron chi connectivity index (χ1n) is 8.37. The van der Waals surface area contributed by atoms with Gasteiger partial charge in [0.05, 0.1) is 17.7 Å². The summed E-state index contributed by atoms with van der Waals surface area (Å²) in [5.41, 5.74) is 5.00. The van der Waals surface area contributed by atoms with Gasteiger partial charge in [0, 0.05) is 11.3 Å². The maximum Gasteiger partial charge on any atom is 0.422 e. The van der Waals surface area contributed by atoms with E-state index >= 15 is 0 Å². The summed E-state index contributed by atoms with van der Waals surface area (Å²) in [4.78, 5) is 23.4. The molecule has 0 saturated carbocycles. The molecule has 0 spiro atoms. The molecule has 0 saturated heterocycles. The molecule has 0 heterocycles. The summed E-state index contributed by atoms with van der Waals surface area (Å²) in [5, 5.41) is 11.6. The summed E-state index contributed by atoms with van der Waals surface area (Å²) in [6.07, 6.45) is -4.56. The number of nitrogens with two attached hydrogens (primary N) is 1. The van der Waals surface area contributed by atoms with E-state index in [-0.39, 0.29) is 39.1 Å². The lowest BCUT2D eigenvalue weighted by Gasteiger charge is -2.14. The van der Waals surface area contributed by atoms with Gasteiger partial charge in [0.2, 0.25) is 0 Å². The number of amides is 2. The van der Waals surface area contributed by atoms with Crippen molar-refractivity contribution in [2.24, 2.45) is 5.73 Å². The highest BCUT2D eigenvalue weighted by atomic mass is 35.5. The van der Waals surface area contributed by atoms with Crippen LogP contribution in [0.5, 0.6) is 17.2 Å². The lowest BCUT2D eigenvalue weighted by molar-refractivity contribution is -0.153. The third kappa shape index (κ3) is 6.68. The molecular formula is C19H15ClF3N3O5. The monoisotopic (exact) mass is 457 g/mol. The van der Waals surface area contributed by atoms with Gasteiger partial charge in [-0.15, -0.1) is 0 Å². The van der Waals surface area contributed by atoms with E-state index in [9.17, 15) is 22.8 Å². The Morgan fingerprint density at radius 2 is 1.90 bits per heavy atom. The number of alkyl halides is 3. The fourth-order valence-electron chi connectivity index (χ4n) is 2.32. The van der Waals surface area contributed by atoms with Crippen LogP contribution in [0.2, 0.25) is 5.02 Å². The molecule has 0 atom stereocenters. The number of benzene rings is 2. The van der Waals surface area contributed by atoms with E-state index in [0.717, 1.165) is 12.1 Å². The molecule has 31 heavy (non-hydrogen) atoms. The van der Waals surface area contributed by atoms with Crippen LogP contribution >= 0.6 is 11.6 Å². The Hall–Kier alpha value is -3.65. The molecule has 0 fully saturated rings. The largest absolute Gasteiger partial charge is 0.493 e. The van der Waals surface area contributed by atoms with E-state index in [2.05, 4.69) is 10.1 Å². The molecule has 2 amide bonds. The van der Waals surface area contributed by atoms with Gasteiger partial charge in [-0.1, -0.05) is 11.6 Å². The quantitative estimate of drug-likeness (QED) is 0.627. The first kappa shape index (κ1) is 23.6. The Labute approximate surface area is 179 Å². The van der Waals surface area contributed by atoms with E-state index in [4.69, 9.17) is 32.1 Å². The van der Waals surface area contributed by atoms with Crippen molar-refractivity contribution in [1.82, 2.24) is 0 Å². The average Bonchev–Trinajstić information content (AvgIpc) is 2.70. The lowest BCUT2D eigenvalue weighted by atomic mass is 10.1. The molecular weight excluding hydrogens is 443 g/mol. The van der Waals surface area contributed by atoms with Gasteiger partial charge in [-0.3, -0.25) is 9.59 Å². The second kappa shape index (κ2) is 9.90. The van der Waals surface area contributed by atoms with E-state index in [1.54, 1.807) is 6.07 Å². The number of primary amides is 1. The lowest BCUT2D eigenvalue weighted by Crippen LogP contribution is -2.20.